The van der Waals surface area contributed by atoms with Crippen LogP contribution in [-0.4, -0.2) is 63.7 Å². The van der Waals surface area contributed by atoms with E-state index in [0.717, 1.165) is 17.3 Å². The largest absolute Gasteiger partial charge is 0.435 e. The van der Waals surface area contributed by atoms with Crippen LogP contribution in [0.5, 0.6) is 0 Å². The molecule has 1 atom stereocenters. The van der Waals surface area contributed by atoms with Gasteiger partial charge in [0.2, 0.25) is 0 Å². The van der Waals surface area contributed by atoms with E-state index in [4.69, 9.17) is 0 Å². The number of urea groups is 1. The molecule has 2 aliphatic rings. The Morgan fingerprint density at radius 3 is 2.75 bits per heavy atom. The Morgan fingerprint density at radius 1 is 1.38 bits per heavy atom. The van der Waals surface area contributed by atoms with Crippen molar-refractivity contribution in [3.8, 4) is 0 Å². The number of alkyl halides is 3. The maximum Gasteiger partial charge on any atom is 0.435 e. The lowest BCUT2D eigenvalue weighted by molar-refractivity contribution is -0.141. The summed E-state index contributed by atoms with van der Waals surface area (Å²) in [5, 5.41) is 6.07. The van der Waals surface area contributed by atoms with Crippen molar-refractivity contribution < 1.29 is 22.8 Å². The molecule has 10 heteroatoms. The van der Waals surface area contributed by atoms with Gasteiger partial charge in [0, 0.05) is 39.4 Å². The fraction of sp³-hybridized carbons (Fsp3) is 0.643. The first-order valence-electron chi connectivity index (χ1n) is 7.72. The fourth-order valence-electron chi connectivity index (χ4n) is 3.25. The number of hydrogen-bond acceptors (Lipinski definition) is 3. The van der Waals surface area contributed by atoms with E-state index in [2.05, 4.69) is 10.4 Å². The Morgan fingerprint density at radius 2 is 2.12 bits per heavy atom. The zero-order valence-electron chi connectivity index (χ0n) is 13.1. The summed E-state index contributed by atoms with van der Waals surface area (Å²) in [5.74, 6) is -0.695. The highest BCUT2D eigenvalue weighted by atomic mass is 19.4. The molecule has 3 rings (SSSR count). The molecule has 1 N–H and O–H groups in total. The second kappa shape index (κ2) is 5.99. The number of rotatable bonds is 2. The number of carbonyl (C=O) groups excluding carboxylic acids is 2. The van der Waals surface area contributed by atoms with E-state index >= 15 is 0 Å². The van der Waals surface area contributed by atoms with E-state index in [0.29, 0.717) is 26.1 Å². The van der Waals surface area contributed by atoms with Crippen LogP contribution in [0, 0.1) is 0 Å². The summed E-state index contributed by atoms with van der Waals surface area (Å²) in [5.41, 5.74) is -1.62. The predicted molar refractivity (Wildman–Crippen MR) is 77.2 cm³/mol. The monoisotopic (exact) mass is 345 g/mol. The van der Waals surface area contributed by atoms with Gasteiger partial charge < -0.3 is 15.1 Å². The Kier molecular flexibility index (Phi) is 4.14. The lowest BCUT2D eigenvalue weighted by atomic mass is 10.0. The van der Waals surface area contributed by atoms with Gasteiger partial charge >= 0.3 is 12.2 Å². The van der Waals surface area contributed by atoms with Crippen molar-refractivity contribution in [2.75, 3.05) is 26.2 Å². The quantitative estimate of drug-likeness (QED) is 0.872. The smallest absolute Gasteiger partial charge is 0.336 e. The molecular formula is C14H18F3N5O2. The standard InChI is InChI=1S/C14H18F3N5O2/c1-20-8-10(11(19-20)14(15,16)17)12(23)21-5-2-3-9(7-21)22-6-4-18-13(22)24/h8-9H,2-7H2,1H3,(H,18,24)/t9-/m1/s1. The van der Waals surface area contributed by atoms with Gasteiger partial charge in [-0.1, -0.05) is 0 Å². The Balaban J connectivity index is 1.79. The Labute approximate surface area is 136 Å². The molecule has 1 aromatic rings. The molecule has 2 saturated heterocycles. The normalized spacial score (nSPS) is 22.0. The zero-order chi connectivity index (χ0) is 17.5. The van der Waals surface area contributed by atoms with E-state index < -0.39 is 23.3 Å². The van der Waals surface area contributed by atoms with Gasteiger partial charge in [0.1, 0.15) is 0 Å². The van der Waals surface area contributed by atoms with Crippen molar-refractivity contribution in [3.05, 3.63) is 17.5 Å². The summed E-state index contributed by atoms with van der Waals surface area (Å²) < 4.78 is 40.2. The molecule has 0 aromatic carbocycles. The molecule has 7 nitrogen and oxygen atoms in total. The minimum absolute atomic E-state index is 0.170. The number of amides is 3. The predicted octanol–water partition coefficient (Wildman–Crippen LogP) is 1.07. The van der Waals surface area contributed by atoms with E-state index in [1.165, 1.54) is 11.9 Å². The number of nitrogens with one attached hydrogen (secondary N) is 1. The van der Waals surface area contributed by atoms with Crippen LogP contribution >= 0.6 is 0 Å². The SMILES string of the molecule is Cn1cc(C(=O)N2CCC[C@@H](N3CCNC3=O)C2)c(C(F)(F)F)n1. The second-order valence-corrected chi connectivity index (χ2v) is 6.04. The first-order valence-corrected chi connectivity index (χ1v) is 7.72. The first-order chi connectivity index (χ1) is 11.3. The molecule has 0 radical (unpaired) electrons. The molecule has 0 aliphatic carbocycles. The highest BCUT2D eigenvalue weighted by Crippen LogP contribution is 2.31. The topological polar surface area (TPSA) is 70.5 Å². The molecule has 0 saturated carbocycles. The van der Waals surface area contributed by atoms with Gasteiger partial charge in [-0.3, -0.25) is 9.48 Å². The molecule has 3 amide bonds. The number of aromatic nitrogens is 2. The van der Waals surface area contributed by atoms with Gasteiger partial charge in [0.15, 0.2) is 5.69 Å². The van der Waals surface area contributed by atoms with Crippen LogP contribution in [0.15, 0.2) is 6.20 Å². The van der Waals surface area contributed by atoms with Crippen LogP contribution in [0.3, 0.4) is 0 Å². The summed E-state index contributed by atoms with van der Waals surface area (Å²) in [6.07, 6.45) is -2.22. The van der Waals surface area contributed by atoms with Gasteiger partial charge in [-0.25, -0.2) is 4.79 Å². The van der Waals surface area contributed by atoms with Gasteiger partial charge in [-0.15, -0.1) is 0 Å². The number of hydrogen-bond donors (Lipinski definition) is 1. The number of likely N-dealkylation sites (tertiary alicyclic amines) is 1. The van der Waals surface area contributed by atoms with Gasteiger partial charge in [-0.2, -0.15) is 18.3 Å². The zero-order valence-corrected chi connectivity index (χ0v) is 13.1. The molecule has 0 unspecified atom stereocenters. The third-order valence-corrected chi connectivity index (χ3v) is 4.34. The maximum atomic E-state index is 13.1. The van der Waals surface area contributed by atoms with Crippen LogP contribution < -0.4 is 5.32 Å². The molecule has 3 heterocycles. The van der Waals surface area contributed by atoms with Crippen molar-refractivity contribution >= 4 is 11.9 Å². The maximum absolute atomic E-state index is 13.1. The van der Waals surface area contributed by atoms with Crippen LogP contribution in [-0.2, 0) is 13.2 Å². The lowest BCUT2D eigenvalue weighted by Gasteiger charge is -2.37. The summed E-state index contributed by atoms with van der Waals surface area (Å²) in [7, 11) is 1.35. The van der Waals surface area contributed by atoms with Gasteiger partial charge in [0.25, 0.3) is 5.91 Å². The number of aryl methyl sites for hydroxylation is 1. The first kappa shape index (κ1) is 16.6. The van der Waals surface area contributed by atoms with E-state index in [1.807, 2.05) is 0 Å². The van der Waals surface area contributed by atoms with Crippen LogP contribution in [0.1, 0.15) is 28.9 Å². The third-order valence-electron chi connectivity index (χ3n) is 4.34. The third kappa shape index (κ3) is 3.04. The Bertz CT molecular complexity index is 657. The van der Waals surface area contributed by atoms with Crippen molar-refractivity contribution in [1.82, 2.24) is 24.9 Å². The fourth-order valence-corrected chi connectivity index (χ4v) is 3.25. The average Bonchev–Trinajstić information content (AvgIpc) is 3.12. The summed E-state index contributed by atoms with van der Waals surface area (Å²) in [4.78, 5) is 27.4. The molecule has 2 fully saturated rings. The van der Waals surface area contributed by atoms with Crippen LogP contribution in [0.4, 0.5) is 18.0 Å². The highest BCUT2D eigenvalue weighted by molar-refractivity contribution is 5.95. The van der Waals surface area contributed by atoms with Crippen molar-refractivity contribution in [2.24, 2.45) is 7.05 Å². The number of nitrogens with zero attached hydrogens (tertiary/aromatic N) is 4. The van der Waals surface area contributed by atoms with E-state index in [-0.39, 0.29) is 18.6 Å². The highest BCUT2D eigenvalue weighted by Gasteiger charge is 2.41. The molecule has 0 bridgehead atoms. The second-order valence-electron chi connectivity index (χ2n) is 6.04. The van der Waals surface area contributed by atoms with Gasteiger partial charge in [0.05, 0.1) is 11.6 Å². The number of carbonyl (C=O) groups is 2. The molecule has 24 heavy (non-hydrogen) atoms. The molecular weight excluding hydrogens is 327 g/mol. The Hall–Kier alpha value is -2.26. The van der Waals surface area contributed by atoms with Gasteiger partial charge in [-0.05, 0) is 12.8 Å². The van der Waals surface area contributed by atoms with E-state index in [9.17, 15) is 22.8 Å². The summed E-state index contributed by atoms with van der Waals surface area (Å²) in [6, 6.07) is -0.358. The minimum Gasteiger partial charge on any atom is -0.336 e. The molecule has 1 aromatic heterocycles. The minimum atomic E-state index is -4.68. The van der Waals surface area contributed by atoms with Crippen molar-refractivity contribution in [2.45, 2.75) is 25.1 Å². The van der Waals surface area contributed by atoms with Crippen molar-refractivity contribution in [1.29, 1.82) is 0 Å². The average molecular weight is 345 g/mol. The summed E-state index contributed by atoms with van der Waals surface area (Å²) >= 11 is 0. The van der Waals surface area contributed by atoms with E-state index in [1.54, 1.807) is 4.90 Å². The molecule has 2 aliphatic heterocycles. The molecule has 132 valence electrons. The number of halogens is 3. The van der Waals surface area contributed by atoms with Crippen LogP contribution in [0.2, 0.25) is 0 Å². The lowest BCUT2D eigenvalue weighted by Crippen LogP contribution is -2.50. The van der Waals surface area contributed by atoms with Crippen molar-refractivity contribution in [3.63, 3.8) is 0 Å². The summed E-state index contributed by atoms with van der Waals surface area (Å²) in [6.45, 7) is 1.70. The van der Waals surface area contributed by atoms with Crippen LogP contribution in [0.25, 0.3) is 0 Å². The number of piperidine rings is 1. The molecule has 0 spiro atoms.